The summed E-state index contributed by atoms with van der Waals surface area (Å²) in [5.41, 5.74) is 1.29. The fourth-order valence-corrected chi connectivity index (χ4v) is 3.30. The molecule has 0 amide bonds. The van der Waals surface area contributed by atoms with E-state index in [1.54, 1.807) is 0 Å². The molecular weight excluding hydrogens is 439 g/mol. The molecule has 26 heavy (non-hydrogen) atoms. The molecule has 0 saturated carbocycles. The molecule has 1 aromatic rings. The largest absolute Gasteiger partial charge is 0.357 e. The quantitative estimate of drug-likeness (QED) is 0.372. The van der Waals surface area contributed by atoms with Crippen molar-refractivity contribution in [2.75, 3.05) is 52.9 Å². The van der Waals surface area contributed by atoms with Gasteiger partial charge in [-0.1, -0.05) is 6.92 Å². The van der Waals surface area contributed by atoms with Crippen LogP contribution in [-0.2, 0) is 13.6 Å². The maximum absolute atomic E-state index is 4.90. The number of aliphatic imine (C=N–C) groups is 1. The predicted molar refractivity (Wildman–Crippen MR) is 121 cm³/mol. The van der Waals surface area contributed by atoms with E-state index in [1.165, 1.54) is 18.8 Å². The number of hydrogen-bond donors (Lipinski definition) is 1. The summed E-state index contributed by atoms with van der Waals surface area (Å²) in [6.07, 6.45) is 2.09. The van der Waals surface area contributed by atoms with Crippen molar-refractivity contribution >= 4 is 29.9 Å². The highest BCUT2D eigenvalue weighted by Crippen LogP contribution is 2.08. The highest BCUT2D eigenvalue weighted by Gasteiger charge is 2.20. The molecule has 1 fully saturated rings. The minimum absolute atomic E-state index is 0. The highest BCUT2D eigenvalue weighted by molar-refractivity contribution is 14.0. The molecule has 1 aliphatic heterocycles. The van der Waals surface area contributed by atoms with Crippen LogP contribution in [0.1, 0.15) is 26.5 Å². The Balaban J connectivity index is 0.00000338. The van der Waals surface area contributed by atoms with Gasteiger partial charge in [0.25, 0.3) is 0 Å². The maximum atomic E-state index is 4.90. The van der Waals surface area contributed by atoms with Crippen LogP contribution < -0.4 is 5.32 Å². The van der Waals surface area contributed by atoms with Crippen LogP contribution in [0.2, 0.25) is 0 Å². The van der Waals surface area contributed by atoms with E-state index in [1.807, 2.05) is 0 Å². The van der Waals surface area contributed by atoms with Crippen molar-refractivity contribution in [3.8, 4) is 0 Å². The Labute approximate surface area is 176 Å². The van der Waals surface area contributed by atoms with Gasteiger partial charge in [0, 0.05) is 64.8 Å². The van der Waals surface area contributed by atoms with Crippen molar-refractivity contribution in [3.63, 3.8) is 0 Å². The minimum Gasteiger partial charge on any atom is -0.357 e. The number of piperazine rings is 1. The van der Waals surface area contributed by atoms with Gasteiger partial charge in [-0.3, -0.25) is 9.89 Å². The summed E-state index contributed by atoms with van der Waals surface area (Å²) in [6, 6.07) is 4.73. The number of nitrogens with zero attached hydrogens (tertiary/aromatic N) is 5. The lowest BCUT2D eigenvalue weighted by Crippen LogP contribution is -2.50. The van der Waals surface area contributed by atoms with Crippen molar-refractivity contribution in [2.45, 2.75) is 33.4 Å². The SMILES string of the molecule is CCNC(=NCC(C)N1CCN(CC)CC1)N(C)Cc1cccn1C.I. The number of aryl methyl sites for hydroxylation is 1. The smallest absolute Gasteiger partial charge is 0.194 e. The Morgan fingerprint density at radius 1 is 1.27 bits per heavy atom. The van der Waals surface area contributed by atoms with E-state index in [0.29, 0.717) is 6.04 Å². The van der Waals surface area contributed by atoms with Crippen LogP contribution in [0.15, 0.2) is 23.3 Å². The standard InChI is InChI=1S/C19H36N6.HI/c1-6-20-19(23(5)16-18-9-8-10-22(18)4)21-15-17(3)25-13-11-24(7-2)12-14-25;/h8-10,17H,6-7,11-16H2,1-5H3,(H,20,21);1H. The first-order valence-corrected chi connectivity index (χ1v) is 9.61. The molecule has 1 unspecified atom stereocenters. The van der Waals surface area contributed by atoms with Gasteiger partial charge < -0.3 is 19.7 Å². The zero-order valence-electron chi connectivity index (χ0n) is 17.1. The Morgan fingerprint density at radius 2 is 1.96 bits per heavy atom. The second kappa shape index (κ2) is 11.8. The molecule has 1 aromatic heterocycles. The molecule has 0 radical (unpaired) electrons. The molecule has 6 nitrogen and oxygen atoms in total. The zero-order chi connectivity index (χ0) is 18.2. The lowest BCUT2D eigenvalue weighted by atomic mass is 10.2. The van der Waals surface area contributed by atoms with Crippen molar-refractivity contribution in [1.82, 2.24) is 24.6 Å². The van der Waals surface area contributed by atoms with Crippen LogP contribution in [0.4, 0.5) is 0 Å². The van der Waals surface area contributed by atoms with E-state index in [0.717, 1.165) is 45.2 Å². The molecule has 1 aliphatic rings. The van der Waals surface area contributed by atoms with Crippen LogP contribution in [0.3, 0.4) is 0 Å². The second-order valence-corrected chi connectivity index (χ2v) is 6.98. The van der Waals surface area contributed by atoms with E-state index in [4.69, 9.17) is 4.99 Å². The Bertz CT molecular complexity index is 536. The number of rotatable bonds is 7. The lowest BCUT2D eigenvalue weighted by molar-refractivity contribution is 0.109. The predicted octanol–water partition coefficient (Wildman–Crippen LogP) is 2.07. The summed E-state index contributed by atoms with van der Waals surface area (Å²) in [5.74, 6) is 0.989. The normalized spacial score (nSPS) is 17.7. The van der Waals surface area contributed by atoms with Gasteiger partial charge in [-0.15, -0.1) is 24.0 Å². The number of likely N-dealkylation sites (N-methyl/N-ethyl adjacent to an activating group) is 1. The fourth-order valence-electron chi connectivity index (χ4n) is 3.30. The number of nitrogens with one attached hydrogen (secondary N) is 1. The van der Waals surface area contributed by atoms with Crippen LogP contribution in [0.5, 0.6) is 0 Å². The molecule has 150 valence electrons. The van der Waals surface area contributed by atoms with Crippen LogP contribution >= 0.6 is 24.0 Å². The number of aromatic nitrogens is 1. The van der Waals surface area contributed by atoms with E-state index < -0.39 is 0 Å². The molecular formula is C19H37IN6. The molecule has 1 N–H and O–H groups in total. The Hall–Kier alpha value is -0.800. The van der Waals surface area contributed by atoms with E-state index in [9.17, 15) is 0 Å². The topological polar surface area (TPSA) is 39.0 Å². The summed E-state index contributed by atoms with van der Waals surface area (Å²) in [6.45, 7) is 15.1. The van der Waals surface area contributed by atoms with E-state index in [2.05, 4.69) is 77.8 Å². The lowest BCUT2D eigenvalue weighted by Gasteiger charge is -2.37. The third-order valence-electron chi connectivity index (χ3n) is 5.13. The van der Waals surface area contributed by atoms with Gasteiger partial charge in [0.1, 0.15) is 0 Å². The van der Waals surface area contributed by atoms with Crippen molar-refractivity contribution in [3.05, 3.63) is 24.0 Å². The van der Waals surface area contributed by atoms with Gasteiger partial charge in [0.05, 0.1) is 13.1 Å². The summed E-state index contributed by atoms with van der Waals surface area (Å²) >= 11 is 0. The van der Waals surface area contributed by atoms with Crippen LogP contribution in [0, 0.1) is 0 Å². The second-order valence-electron chi connectivity index (χ2n) is 6.98. The number of guanidine groups is 1. The summed E-state index contributed by atoms with van der Waals surface area (Å²) in [5, 5.41) is 3.43. The number of hydrogen-bond acceptors (Lipinski definition) is 3. The summed E-state index contributed by atoms with van der Waals surface area (Å²) < 4.78 is 2.16. The molecule has 0 spiro atoms. The van der Waals surface area contributed by atoms with Gasteiger partial charge in [0.2, 0.25) is 0 Å². The summed E-state index contributed by atoms with van der Waals surface area (Å²) in [4.78, 5) is 12.2. The van der Waals surface area contributed by atoms with Gasteiger partial charge in [-0.2, -0.15) is 0 Å². The molecule has 0 bridgehead atoms. The molecule has 2 rings (SSSR count). The molecule has 1 atom stereocenters. The third kappa shape index (κ3) is 6.74. The first kappa shape index (κ1) is 23.2. The van der Waals surface area contributed by atoms with E-state index in [-0.39, 0.29) is 24.0 Å². The maximum Gasteiger partial charge on any atom is 0.194 e. The van der Waals surface area contributed by atoms with Crippen molar-refractivity contribution < 1.29 is 0 Å². The van der Waals surface area contributed by atoms with Crippen LogP contribution in [-0.4, -0.2) is 84.1 Å². The average Bonchev–Trinajstić information content (AvgIpc) is 3.03. The van der Waals surface area contributed by atoms with Gasteiger partial charge in [0.15, 0.2) is 5.96 Å². The van der Waals surface area contributed by atoms with Crippen molar-refractivity contribution in [2.24, 2.45) is 12.0 Å². The molecule has 7 heteroatoms. The zero-order valence-corrected chi connectivity index (χ0v) is 19.4. The first-order chi connectivity index (χ1) is 12.0. The highest BCUT2D eigenvalue weighted by atomic mass is 127. The van der Waals surface area contributed by atoms with E-state index >= 15 is 0 Å². The Morgan fingerprint density at radius 3 is 2.50 bits per heavy atom. The summed E-state index contributed by atoms with van der Waals surface area (Å²) in [7, 11) is 4.20. The molecule has 2 heterocycles. The van der Waals surface area contributed by atoms with Gasteiger partial charge >= 0.3 is 0 Å². The van der Waals surface area contributed by atoms with Crippen LogP contribution in [0.25, 0.3) is 0 Å². The number of halogens is 1. The minimum atomic E-state index is 0. The van der Waals surface area contributed by atoms with Gasteiger partial charge in [-0.05, 0) is 32.5 Å². The molecule has 0 aliphatic carbocycles. The van der Waals surface area contributed by atoms with Crippen molar-refractivity contribution in [1.29, 1.82) is 0 Å². The first-order valence-electron chi connectivity index (χ1n) is 9.61. The average molecular weight is 476 g/mol. The Kier molecular flexibility index (Phi) is 10.6. The fraction of sp³-hybridized carbons (Fsp3) is 0.737. The molecule has 1 saturated heterocycles. The molecule has 0 aromatic carbocycles. The van der Waals surface area contributed by atoms with Gasteiger partial charge in [-0.25, -0.2) is 0 Å². The monoisotopic (exact) mass is 476 g/mol. The third-order valence-corrected chi connectivity index (χ3v) is 5.13.